The zero-order chi connectivity index (χ0) is 18.1. The van der Waals surface area contributed by atoms with E-state index in [-0.39, 0.29) is 17.1 Å². The minimum atomic E-state index is -0.740. The van der Waals surface area contributed by atoms with Crippen molar-refractivity contribution in [3.8, 4) is 0 Å². The second-order valence-electron chi connectivity index (χ2n) is 7.66. The smallest absolute Gasteiger partial charge is 0.313 e. The molecule has 132 valence electrons. The summed E-state index contributed by atoms with van der Waals surface area (Å²) in [6, 6.07) is 4.63. The fourth-order valence-corrected chi connectivity index (χ4v) is 3.72. The number of benzene rings is 1. The van der Waals surface area contributed by atoms with E-state index >= 15 is 0 Å². The Morgan fingerprint density at radius 2 is 1.75 bits per heavy atom. The molecule has 2 amide bonds. The van der Waals surface area contributed by atoms with Gasteiger partial charge in [0, 0.05) is 22.8 Å². The number of carbonyl (C=O) groups excluding carboxylic acids is 2. The molecule has 0 saturated carbocycles. The highest BCUT2D eigenvalue weighted by Gasteiger charge is 2.38. The number of nitrogen functional groups attached to an aromatic ring is 1. The average molecular weight is 353 g/mol. The first-order valence-electron chi connectivity index (χ1n) is 7.94. The minimum Gasteiger partial charge on any atom is -0.399 e. The second-order valence-corrected chi connectivity index (χ2v) is 8.07. The molecule has 5 N–H and O–H groups in total. The highest BCUT2D eigenvalue weighted by atomic mass is 35.5. The lowest BCUT2D eigenvalue weighted by atomic mass is 9.79. The molecule has 24 heavy (non-hydrogen) atoms. The quantitative estimate of drug-likeness (QED) is 0.485. The summed E-state index contributed by atoms with van der Waals surface area (Å²) in [6.45, 7) is 8.34. The van der Waals surface area contributed by atoms with Gasteiger partial charge in [0.1, 0.15) is 0 Å². The van der Waals surface area contributed by atoms with Crippen molar-refractivity contribution in [2.24, 2.45) is 0 Å². The monoisotopic (exact) mass is 352 g/mol. The first-order valence-corrected chi connectivity index (χ1v) is 8.31. The molecule has 0 aromatic heterocycles. The van der Waals surface area contributed by atoms with Crippen LogP contribution in [0.3, 0.4) is 0 Å². The summed E-state index contributed by atoms with van der Waals surface area (Å²) in [7, 11) is 0. The van der Waals surface area contributed by atoms with Crippen molar-refractivity contribution in [2.45, 2.75) is 57.7 Å². The Labute approximate surface area is 147 Å². The molecular formula is C17H25ClN4O2. The number of amides is 2. The van der Waals surface area contributed by atoms with Gasteiger partial charge in [-0.25, -0.2) is 0 Å². The van der Waals surface area contributed by atoms with Gasteiger partial charge in [-0.2, -0.15) is 0 Å². The summed E-state index contributed by atoms with van der Waals surface area (Å²) >= 11 is 6.01. The van der Waals surface area contributed by atoms with Crippen LogP contribution in [0, 0.1) is 0 Å². The zero-order valence-electron chi connectivity index (χ0n) is 14.5. The lowest BCUT2D eigenvalue weighted by molar-refractivity contribution is -0.137. The number of hydrogen-bond acceptors (Lipinski definition) is 4. The highest BCUT2D eigenvalue weighted by molar-refractivity contribution is 6.41. The summed E-state index contributed by atoms with van der Waals surface area (Å²) in [5.41, 5.74) is 6.23. The summed E-state index contributed by atoms with van der Waals surface area (Å²) < 4.78 is 0. The molecule has 0 atom stereocenters. The van der Waals surface area contributed by atoms with Crippen LogP contribution in [-0.4, -0.2) is 28.9 Å². The molecule has 1 aliphatic rings. The van der Waals surface area contributed by atoms with E-state index in [1.165, 1.54) is 6.07 Å². The summed E-state index contributed by atoms with van der Waals surface area (Å²) in [6.07, 6.45) is 1.50. The lowest BCUT2D eigenvalue weighted by Gasteiger charge is -2.46. The van der Waals surface area contributed by atoms with E-state index in [1.807, 2.05) is 0 Å². The van der Waals surface area contributed by atoms with Crippen molar-refractivity contribution < 1.29 is 9.59 Å². The van der Waals surface area contributed by atoms with Gasteiger partial charge in [0.25, 0.3) is 0 Å². The van der Waals surface area contributed by atoms with Gasteiger partial charge in [0.05, 0.1) is 10.7 Å². The summed E-state index contributed by atoms with van der Waals surface area (Å²) in [5.74, 6) is -1.41. The maximum atomic E-state index is 12.2. The molecule has 0 bridgehead atoms. The zero-order valence-corrected chi connectivity index (χ0v) is 15.3. The van der Waals surface area contributed by atoms with Gasteiger partial charge < -0.3 is 21.7 Å². The molecule has 1 aromatic rings. The molecule has 1 aromatic carbocycles. The van der Waals surface area contributed by atoms with Gasteiger partial charge in [-0.1, -0.05) is 11.6 Å². The Hall–Kier alpha value is -1.79. The van der Waals surface area contributed by atoms with Crippen molar-refractivity contribution >= 4 is 34.8 Å². The number of halogens is 1. The van der Waals surface area contributed by atoms with E-state index in [4.69, 9.17) is 17.3 Å². The van der Waals surface area contributed by atoms with Gasteiger partial charge in [0.15, 0.2) is 0 Å². The molecule has 2 rings (SSSR count). The maximum Gasteiger partial charge on any atom is 0.313 e. The molecule has 1 heterocycles. The number of nitrogens with one attached hydrogen (secondary N) is 3. The van der Waals surface area contributed by atoms with E-state index in [1.54, 1.807) is 12.1 Å². The van der Waals surface area contributed by atoms with Crippen LogP contribution in [0.1, 0.15) is 40.5 Å². The van der Waals surface area contributed by atoms with E-state index in [0.717, 1.165) is 12.8 Å². The van der Waals surface area contributed by atoms with Crippen molar-refractivity contribution in [1.29, 1.82) is 0 Å². The van der Waals surface area contributed by atoms with Crippen LogP contribution in [0.5, 0.6) is 0 Å². The molecule has 0 radical (unpaired) electrons. The third kappa shape index (κ3) is 4.85. The van der Waals surface area contributed by atoms with E-state index in [0.29, 0.717) is 16.4 Å². The van der Waals surface area contributed by atoms with Gasteiger partial charge in [-0.15, -0.1) is 0 Å². The van der Waals surface area contributed by atoms with Crippen LogP contribution in [0.15, 0.2) is 18.2 Å². The van der Waals surface area contributed by atoms with E-state index in [2.05, 4.69) is 43.6 Å². The molecule has 1 fully saturated rings. The van der Waals surface area contributed by atoms with E-state index < -0.39 is 11.8 Å². The number of nitrogens with two attached hydrogens (primary N) is 1. The Kier molecular flexibility index (Phi) is 5.11. The van der Waals surface area contributed by atoms with Crippen LogP contribution in [0.25, 0.3) is 0 Å². The van der Waals surface area contributed by atoms with Crippen LogP contribution in [-0.2, 0) is 9.59 Å². The van der Waals surface area contributed by atoms with Crippen LogP contribution in [0.2, 0.25) is 5.02 Å². The predicted octanol–water partition coefficient (Wildman–Crippen LogP) is 2.29. The van der Waals surface area contributed by atoms with Crippen LogP contribution >= 0.6 is 11.6 Å². The van der Waals surface area contributed by atoms with Crippen molar-refractivity contribution in [3.05, 3.63) is 23.2 Å². The lowest BCUT2D eigenvalue weighted by Crippen LogP contribution is -2.62. The largest absolute Gasteiger partial charge is 0.399 e. The van der Waals surface area contributed by atoms with Gasteiger partial charge in [-0.3, -0.25) is 9.59 Å². The molecule has 6 nitrogen and oxygen atoms in total. The Morgan fingerprint density at radius 1 is 1.17 bits per heavy atom. The molecule has 0 aliphatic carbocycles. The molecule has 7 heteroatoms. The minimum absolute atomic E-state index is 0.0728. The van der Waals surface area contributed by atoms with Crippen LogP contribution in [0.4, 0.5) is 11.4 Å². The Morgan fingerprint density at radius 3 is 2.29 bits per heavy atom. The molecule has 1 saturated heterocycles. The van der Waals surface area contributed by atoms with Gasteiger partial charge in [-0.05, 0) is 58.7 Å². The van der Waals surface area contributed by atoms with Crippen molar-refractivity contribution in [2.75, 3.05) is 11.1 Å². The number of carbonyl (C=O) groups is 2. The first kappa shape index (κ1) is 18.5. The average Bonchev–Trinajstić information content (AvgIpc) is 2.38. The summed E-state index contributed by atoms with van der Waals surface area (Å²) in [5, 5.41) is 9.16. The molecule has 1 aliphatic heterocycles. The number of rotatable bonds is 2. The molecular weight excluding hydrogens is 328 g/mol. The van der Waals surface area contributed by atoms with Crippen LogP contribution < -0.4 is 21.7 Å². The topological polar surface area (TPSA) is 96.2 Å². The second kappa shape index (κ2) is 6.61. The van der Waals surface area contributed by atoms with Gasteiger partial charge >= 0.3 is 11.8 Å². The fraction of sp³-hybridized carbons (Fsp3) is 0.529. The molecule has 0 unspecified atom stereocenters. The standard InChI is InChI=1S/C17H25ClN4O2/c1-16(2)8-11(9-17(3,4)22-16)20-14(23)15(24)21-13-6-5-10(19)7-12(13)18/h5-7,11,22H,8-9,19H2,1-4H3,(H,20,23)(H,21,24). The van der Waals surface area contributed by atoms with Crippen molar-refractivity contribution in [3.63, 3.8) is 0 Å². The van der Waals surface area contributed by atoms with Gasteiger partial charge in [0.2, 0.25) is 0 Å². The summed E-state index contributed by atoms with van der Waals surface area (Å²) in [4.78, 5) is 24.3. The molecule has 0 spiro atoms. The maximum absolute atomic E-state index is 12.2. The SMILES string of the molecule is CC1(C)CC(NC(=O)C(=O)Nc2ccc(N)cc2Cl)CC(C)(C)N1. The number of anilines is 2. The number of piperidine rings is 1. The highest BCUT2D eigenvalue weighted by Crippen LogP contribution is 2.28. The Balaban J connectivity index is 2.00. The predicted molar refractivity (Wildman–Crippen MR) is 97.0 cm³/mol. The number of hydrogen-bond donors (Lipinski definition) is 4. The third-order valence-corrected chi connectivity index (χ3v) is 4.29. The normalized spacial score (nSPS) is 19.5. The Bertz CT molecular complexity index is 642. The van der Waals surface area contributed by atoms with Crippen molar-refractivity contribution in [1.82, 2.24) is 10.6 Å². The van der Waals surface area contributed by atoms with E-state index in [9.17, 15) is 9.59 Å². The fourth-order valence-electron chi connectivity index (χ4n) is 3.49. The third-order valence-electron chi connectivity index (χ3n) is 3.97. The first-order chi connectivity index (χ1) is 11.0.